The summed E-state index contributed by atoms with van der Waals surface area (Å²) in [5.74, 6) is 0. The Morgan fingerprint density at radius 2 is 1.88 bits per heavy atom. The number of hydrogen-bond donors (Lipinski definition) is 1. The first-order chi connectivity index (χ1) is 7.25. The summed E-state index contributed by atoms with van der Waals surface area (Å²) < 4.78 is 1.92. The molecule has 84 valence electrons. The van der Waals surface area contributed by atoms with Crippen LogP contribution in [0.2, 0.25) is 0 Å². The molecule has 2 aromatic rings. The lowest BCUT2D eigenvalue weighted by molar-refractivity contribution is -0.654. The first-order valence-corrected chi connectivity index (χ1v) is 5.34. The Morgan fingerprint density at radius 3 is 2.44 bits per heavy atom. The molecule has 0 aliphatic carbocycles. The second kappa shape index (κ2) is 5.58. The number of hydrogen-bond acceptors (Lipinski definition) is 4. The molecule has 4 nitrogen and oxygen atoms in total. The van der Waals surface area contributed by atoms with Gasteiger partial charge in [0.25, 0.3) is 0 Å². The highest BCUT2D eigenvalue weighted by Crippen LogP contribution is 2.19. The number of aryl methyl sites for hydroxylation is 1. The molecule has 0 amide bonds. The van der Waals surface area contributed by atoms with Crippen LogP contribution < -0.4 is 22.7 Å². The highest BCUT2D eigenvalue weighted by Gasteiger charge is 2.06. The largest absolute Gasteiger partial charge is 1.00 e. The van der Waals surface area contributed by atoms with Gasteiger partial charge in [0, 0.05) is 11.1 Å². The number of nitrogens with zero attached hydrogens (tertiary/aromatic N) is 3. The fraction of sp³-hybridized carbons (Fsp3) is 0.100. The van der Waals surface area contributed by atoms with Crippen LogP contribution in [0.15, 0.2) is 46.1 Å². The van der Waals surface area contributed by atoms with E-state index in [2.05, 4.69) is 10.2 Å². The van der Waals surface area contributed by atoms with E-state index in [9.17, 15) is 0 Å². The summed E-state index contributed by atoms with van der Waals surface area (Å²) in [7, 11) is 1.94. The first-order valence-electron chi connectivity index (χ1n) is 4.46. The molecule has 0 saturated heterocycles. The van der Waals surface area contributed by atoms with E-state index in [0.717, 1.165) is 16.5 Å². The van der Waals surface area contributed by atoms with Gasteiger partial charge in [-0.2, -0.15) is 0 Å². The number of benzene rings is 1. The van der Waals surface area contributed by atoms with Crippen LogP contribution in [-0.4, -0.2) is 0 Å². The molecular weight excluding hydrogens is 244 g/mol. The molecule has 0 saturated carbocycles. The summed E-state index contributed by atoms with van der Waals surface area (Å²) in [6.45, 7) is 0. The lowest BCUT2D eigenvalue weighted by Gasteiger charge is -1.89. The van der Waals surface area contributed by atoms with E-state index in [4.69, 9.17) is 5.73 Å². The molecule has 0 aliphatic rings. The van der Waals surface area contributed by atoms with Gasteiger partial charge in [0.1, 0.15) is 11.9 Å². The summed E-state index contributed by atoms with van der Waals surface area (Å²) in [5.41, 5.74) is 7.10. The second-order valence-electron chi connectivity index (χ2n) is 3.09. The predicted molar refractivity (Wildman–Crippen MR) is 60.5 cm³/mol. The first kappa shape index (κ1) is 12.6. The Balaban J connectivity index is 0.00000128. The molecule has 1 heterocycles. The smallest absolute Gasteiger partial charge is 0.408 e. The third-order valence-corrected chi connectivity index (χ3v) is 2.74. The van der Waals surface area contributed by atoms with Crippen molar-refractivity contribution in [1.29, 1.82) is 0 Å². The number of nitrogens with two attached hydrogens (primary N) is 1. The maximum atomic E-state index is 5.57. The minimum Gasteiger partial charge on any atom is -1.00 e. The highest BCUT2D eigenvalue weighted by atomic mass is 35.5. The fourth-order valence-corrected chi connectivity index (χ4v) is 1.75. The molecule has 0 unspecified atom stereocenters. The van der Waals surface area contributed by atoms with Crippen molar-refractivity contribution in [3.05, 3.63) is 35.8 Å². The van der Waals surface area contributed by atoms with Crippen LogP contribution in [0.3, 0.4) is 0 Å². The van der Waals surface area contributed by atoms with Crippen LogP contribution in [0, 0.1) is 0 Å². The van der Waals surface area contributed by atoms with Gasteiger partial charge in [0.2, 0.25) is 0 Å². The van der Waals surface area contributed by atoms with E-state index < -0.39 is 0 Å². The molecule has 0 bridgehead atoms. The highest BCUT2D eigenvalue weighted by molar-refractivity contribution is 7.12. The SMILES string of the molecule is C[n+]1ccsc1N=Nc1ccc(N)cc1.[Cl-]. The standard InChI is InChI=1S/C10H10N4S.ClH/c1-14-6-7-15-10(14)13-12-9-4-2-8(11)3-5-9;/h2-7,11H,1H3;1H. The summed E-state index contributed by atoms with van der Waals surface area (Å²) in [6.07, 6.45) is 1.95. The maximum absolute atomic E-state index is 5.57. The number of rotatable bonds is 2. The van der Waals surface area contributed by atoms with Crippen molar-refractivity contribution in [3.63, 3.8) is 0 Å². The molecule has 2 rings (SSSR count). The number of anilines is 1. The molecule has 16 heavy (non-hydrogen) atoms. The van der Waals surface area contributed by atoms with Crippen molar-refractivity contribution in [1.82, 2.24) is 0 Å². The number of thiazole rings is 1. The third kappa shape index (κ3) is 3.01. The molecule has 1 aromatic heterocycles. The van der Waals surface area contributed by atoms with Crippen molar-refractivity contribution in [2.75, 3.05) is 5.73 Å². The fourth-order valence-electron chi connectivity index (χ4n) is 1.07. The Morgan fingerprint density at radius 1 is 1.19 bits per heavy atom. The molecule has 0 fully saturated rings. The van der Waals surface area contributed by atoms with Crippen molar-refractivity contribution in [2.45, 2.75) is 0 Å². The summed E-state index contributed by atoms with van der Waals surface area (Å²) >= 11 is 1.55. The quantitative estimate of drug-likeness (QED) is 0.442. The van der Waals surface area contributed by atoms with Gasteiger partial charge in [-0.3, -0.25) is 0 Å². The zero-order chi connectivity index (χ0) is 10.7. The average Bonchev–Trinajstić information content (AvgIpc) is 2.63. The molecule has 6 heteroatoms. The van der Waals surface area contributed by atoms with Gasteiger partial charge in [-0.1, -0.05) is 0 Å². The average molecular weight is 255 g/mol. The second-order valence-corrected chi connectivity index (χ2v) is 3.96. The zero-order valence-electron chi connectivity index (χ0n) is 8.67. The monoisotopic (exact) mass is 254 g/mol. The zero-order valence-corrected chi connectivity index (χ0v) is 10.2. The van der Waals surface area contributed by atoms with Gasteiger partial charge in [-0.25, -0.2) is 4.57 Å². The Bertz CT molecular complexity index is 478. The van der Waals surface area contributed by atoms with Crippen molar-refractivity contribution in [2.24, 2.45) is 17.3 Å². The van der Waals surface area contributed by atoms with Crippen LogP contribution in [0.1, 0.15) is 0 Å². The van der Waals surface area contributed by atoms with Gasteiger partial charge < -0.3 is 18.1 Å². The van der Waals surface area contributed by atoms with E-state index >= 15 is 0 Å². The summed E-state index contributed by atoms with van der Waals surface area (Å²) in [5, 5.41) is 11.1. The lowest BCUT2D eigenvalue weighted by Crippen LogP contribution is -3.00. The number of aromatic nitrogens is 1. The molecule has 1 aromatic carbocycles. The van der Waals surface area contributed by atoms with Crippen LogP contribution in [0.5, 0.6) is 0 Å². The minimum atomic E-state index is 0. The van der Waals surface area contributed by atoms with Crippen LogP contribution >= 0.6 is 11.3 Å². The summed E-state index contributed by atoms with van der Waals surface area (Å²) in [6, 6.07) is 7.30. The van der Waals surface area contributed by atoms with Crippen LogP contribution in [-0.2, 0) is 7.05 Å². The van der Waals surface area contributed by atoms with E-state index in [1.165, 1.54) is 0 Å². The predicted octanol–water partition coefficient (Wildman–Crippen LogP) is -0.426. The molecule has 2 N–H and O–H groups in total. The minimum absolute atomic E-state index is 0. The van der Waals surface area contributed by atoms with E-state index in [1.54, 1.807) is 11.3 Å². The van der Waals surface area contributed by atoms with E-state index in [0.29, 0.717) is 0 Å². The molecule has 0 spiro atoms. The number of nitrogen functional groups attached to an aromatic ring is 1. The van der Waals surface area contributed by atoms with Crippen molar-refractivity contribution >= 4 is 27.8 Å². The number of halogens is 1. The Labute approximate surface area is 104 Å². The normalized spacial score (nSPS) is 10.3. The van der Waals surface area contributed by atoms with E-state index in [1.807, 2.05) is 47.5 Å². The summed E-state index contributed by atoms with van der Waals surface area (Å²) in [4.78, 5) is 0. The molecule has 0 atom stereocenters. The van der Waals surface area contributed by atoms with Crippen LogP contribution in [0.4, 0.5) is 16.5 Å². The van der Waals surface area contributed by atoms with Crippen molar-refractivity contribution < 1.29 is 17.0 Å². The van der Waals surface area contributed by atoms with Gasteiger partial charge in [0.15, 0.2) is 0 Å². The van der Waals surface area contributed by atoms with E-state index in [-0.39, 0.29) is 12.4 Å². The van der Waals surface area contributed by atoms with Gasteiger partial charge in [0.05, 0.1) is 12.2 Å². The molecular formula is C10H11ClN4S. The van der Waals surface area contributed by atoms with Gasteiger partial charge in [-0.15, -0.1) is 0 Å². The Hall–Kier alpha value is -1.46. The number of azo groups is 1. The van der Waals surface area contributed by atoms with Crippen LogP contribution in [0.25, 0.3) is 0 Å². The van der Waals surface area contributed by atoms with Gasteiger partial charge >= 0.3 is 5.13 Å². The third-order valence-electron chi connectivity index (χ3n) is 1.90. The Kier molecular flexibility index (Phi) is 4.39. The molecule has 0 radical (unpaired) electrons. The maximum Gasteiger partial charge on any atom is 0.408 e. The topological polar surface area (TPSA) is 54.6 Å². The van der Waals surface area contributed by atoms with Gasteiger partial charge in [-0.05, 0) is 40.7 Å². The lowest BCUT2D eigenvalue weighted by atomic mass is 10.3. The molecule has 0 aliphatic heterocycles. The van der Waals surface area contributed by atoms with Crippen molar-refractivity contribution in [3.8, 4) is 0 Å².